The second-order valence-corrected chi connectivity index (χ2v) is 10.1. The van der Waals surface area contributed by atoms with Crippen LogP contribution in [0.5, 0.6) is 0 Å². The van der Waals surface area contributed by atoms with Crippen LogP contribution >= 0.6 is 11.3 Å². The summed E-state index contributed by atoms with van der Waals surface area (Å²) in [6, 6.07) is 15.3. The Morgan fingerprint density at radius 1 is 1.14 bits per heavy atom. The molecule has 0 saturated carbocycles. The van der Waals surface area contributed by atoms with E-state index < -0.39 is 5.92 Å². The highest BCUT2D eigenvalue weighted by molar-refractivity contribution is 7.15. The van der Waals surface area contributed by atoms with Crippen LogP contribution in [0.15, 0.2) is 48.5 Å². The highest BCUT2D eigenvalue weighted by Crippen LogP contribution is 2.33. The topological polar surface area (TPSA) is 82.6 Å². The molecule has 1 unspecified atom stereocenters. The zero-order valence-corrected chi connectivity index (χ0v) is 20.7. The summed E-state index contributed by atoms with van der Waals surface area (Å²) in [5, 5.41) is 3.47. The molecule has 0 spiro atoms. The van der Waals surface area contributed by atoms with Crippen LogP contribution in [0.2, 0.25) is 0 Å². The molecular formula is C27H28N4O3S. The fraction of sp³-hybridized carbons (Fsp3) is 0.333. The number of nitrogens with one attached hydrogen (secondary N) is 1. The molecule has 2 aliphatic heterocycles. The Labute approximate surface area is 208 Å². The number of hydrogen-bond acceptors (Lipinski definition) is 5. The first-order valence-electron chi connectivity index (χ1n) is 12.0. The molecule has 2 aromatic carbocycles. The Balaban J connectivity index is 1.25. The van der Waals surface area contributed by atoms with E-state index in [0.717, 1.165) is 33.8 Å². The molecule has 0 aliphatic carbocycles. The first-order valence-corrected chi connectivity index (χ1v) is 12.8. The lowest BCUT2D eigenvalue weighted by Gasteiger charge is -2.26. The molecule has 3 heterocycles. The van der Waals surface area contributed by atoms with Crippen molar-refractivity contribution in [1.29, 1.82) is 0 Å². The van der Waals surface area contributed by atoms with Gasteiger partial charge < -0.3 is 15.1 Å². The van der Waals surface area contributed by atoms with Crippen LogP contribution in [0.3, 0.4) is 0 Å². The van der Waals surface area contributed by atoms with Crippen molar-refractivity contribution < 1.29 is 14.4 Å². The molecule has 0 bridgehead atoms. The highest BCUT2D eigenvalue weighted by Gasteiger charge is 2.37. The van der Waals surface area contributed by atoms with Crippen molar-refractivity contribution in [3.8, 4) is 0 Å². The van der Waals surface area contributed by atoms with E-state index in [-0.39, 0.29) is 24.1 Å². The van der Waals surface area contributed by atoms with Crippen LogP contribution in [0.1, 0.15) is 45.4 Å². The maximum absolute atomic E-state index is 13.1. The summed E-state index contributed by atoms with van der Waals surface area (Å²) in [4.78, 5) is 47.9. The highest BCUT2D eigenvalue weighted by atomic mass is 32.1. The normalized spacial score (nSPS) is 17.4. The third-order valence-electron chi connectivity index (χ3n) is 6.74. The summed E-state index contributed by atoms with van der Waals surface area (Å²) in [5.74, 6) is -0.634. The molecule has 1 atom stereocenters. The van der Waals surface area contributed by atoms with Crippen molar-refractivity contribution >= 4 is 39.9 Å². The number of nitrogens with zero attached hydrogens (tertiary/aromatic N) is 3. The Bertz CT molecular complexity index is 1290. The van der Waals surface area contributed by atoms with E-state index in [9.17, 15) is 14.4 Å². The predicted octanol–water partition coefficient (Wildman–Crippen LogP) is 4.20. The predicted molar refractivity (Wildman–Crippen MR) is 137 cm³/mol. The molecule has 2 aliphatic rings. The standard InChI is InChI=1S/C27H28N4O3S/c1-3-18-11-7-8-17(2)24(18)31-15-20(14-23(31)32)25(33)29-27-28-21-12-13-30(16-22(21)35-27)26(34)19-9-5-4-6-10-19/h4-11,20H,3,12-16H2,1-2H3,(H,28,29,33). The fourth-order valence-electron chi connectivity index (χ4n) is 4.88. The molecule has 3 amide bonds. The lowest BCUT2D eigenvalue weighted by atomic mass is 10.0. The molecule has 3 aromatic rings. The average molecular weight is 489 g/mol. The van der Waals surface area contributed by atoms with Crippen molar-refractivity contribution in [2.75, 3.05) is 23.3 Å². The second kappa shape index (κ2) is 9.62. The third kappa shape index (κ3) is 4.58. The number of aryl methyl sites for hydroxylation is 2. The third-order valence-corrected chi connectivity index (χ3v) is 7.74. The van der Waals surface area contributed by atoms with Crippen LogP contribution in [0.4, 0.5) is 10.8 Å². The molecule has 0 radical (unpaired) electrons. The fourth-order valence-corrected chi connectivity index (χ4v) is 5.91. The van der Waals surface area contributed by atoms with Gasteiger partial charge in [-0.3, -0.25) is 14.4 Å². The quantitative estimate of drug-likeness (QED) is 0.583. The first kappa shape index (κ1) is 23.2. The van der Waals surface area contributed by atoms with Crippen molar-refractivity contribution in [1.82, 2.24) is 9.88 Å². The number of hydrogen-bond donors (Lipinski definition) is 1. The van der Waals surface area contributed by atoms with E-state index >= 15 is 0 Å². The summed E-state index contributed by atoms with van der Waals surface area (Å²) >= 11 is 1.41. The van der Waals surface area contributed by atoms with Gasteiger partial charge in [0.1, 0.15) is 0 Å². The van der Waals surface area contributed by atoms with Crippen molar-refractivity contribution in [3.63, 3.8) is 0 Å². The van der Waals surface area contributed by atoms with Gasteiger partial charge in [-0.05, 0) is 36.6 Å². The average Bonchev–Trinajstić information content (AvgIpc) is 3.46. The number of carbonyl (C=O) groups excluding carboxylic acids is 3. The van der Waals surface area contributed by atoms with Gasteiger partial charge in [-0.2, -0.15) is 0 Å². The van der Waals surface area contributed by atoms with Gasteiger partial charge in [-0.1, -0.05) is 54.7 Å². The number of para-hydroxylation sites is 1. The van der Waals surface area contributed by atoms with E-state index in [1.807, 2.05) is 60.4 Å². The zero-order valence-electron chi connectivity index (χ0n) is 19.9. The summed E-state index contributed by atoms with van der Waals surface area (Å²) in [6.07, 6.45) is 1.67. The molecule has 1 aromatic heterocycles. The summed E-state index contributed by atoms with van der Waals surface area (Å²) in [7, 11) is 0. The number of fused-ring (bicyclic) bond motifs is 1. The second-order valence-electron chi connectivity index (χ2n) is 9.06. The van der Waals surface area contributed by atoms with Crippen LogP contribution in [0.25, 0.3) is 0 Å². The minimum atomic E-state index is -0.427. The Hall–Kier alpha value is -3.52. The number of anilines is 2. The summed E-state index contributed by atoms with van der Waals surface area (Å²) in [6.45, 7) is 5.52. The molecule has 1 saturated heterocycles. The van der Waals surface area contributed by atoms with Crippen LogP contribution < -0.4 is 10.2 Å². The molecule has 7 nitrogen and oxygen atoms in total. The Morgan fingerprint density at radius 3 is 2.71 bits per heavy atom. The smallest absolute Gasteiger partial charge is 0.254 e. The Morgan fingerprint density at radius 2 is 1.94 bits per heavy atom. The number of aromatic nitrogens is 1. The van der Waals surface area contributed by atoms with Gasteiger partial charge in [0, 0.05) is 42.1 Å². The number of carbonyl (C=O) groups is 3. The lowest BCUT2D eigenvalue weighted by molar-refractivity contribution is -0.122. The van der Waals surface area contributed by atoms with Gasteiger partial charge in [0.25, 0.3) is 5.91 Å². The first-order chi connectivity index (χ1) is 16.9. The molecule has 8 heteroatoms. The molecule has 5 rings (SSSR count). The maximum atomic E-state index is 13.1. The maximum Gasteiger partial charge on any atom is 0.254 e. The van der Waals surface area contributed by atoms with E-state index in [2.05, 4.69) is 17.2 Å². The van der Waals surface area contributed by atoms with E-state index in [1.54, 1.807) is 4.90 Å². The summed E-state index contributed by atoms with van der Waals surface area (Å²) in [5.41, 5.74) is 4.69. The minimum absolute atomic E-state index is 0.00227. The van der Waals surface area contributed by atoms with Crippen LogP contribution in [0, 0.1) is 12.8 Å². The zero-order chi connectivity index (χ0) is 24.5. The SMILES string of the molecule is CCc1cccc(C)c1N1CC(C(=O)Nc2nc3c(s2)CN(C(=O)c2ccccc2)CC3)CC1=O. The summed E-state index contributed by atoms with van der Waals surface area (Å²) < 4.78 is 0. The van der Waals surface area contributed by atoms with Gasteiger partial charge >= 0.3 is 0 Å². The molecule has 180 valence electrons. The number of benzene rings is 2. The van der Waals surface area contributed by atoms with Crippen molar-refractivity contribution in [3.05, 3.63) is 75.8 Å². The molecule has 1 fully saturated rings. The van der Waals surface area contributed by atoms with E-state index in [4.69, 9.17) is 0 Å². The van der Waals surface area contributed by atoms with Gasteiger partial charge in [0.2, 0.25) is 11.8 Å². The molecular weight excluding hydrogens is 460 g/mol. The minimum Gasteiger partial charge on any atom is -0.333 e. The largest absolute Gasteiger partial charge is 0.333 e. The number of thiazole rings is 1. The van der Waals surface area contributed by atoms with Gasteiger partial charge in [-0.15, -0.1) is 0 Å². The lowest BCUT2D eigenvalue weighted by Crippen LogP contribution is -2.35. The molecule has 35 heavy (non-hydrogen) atoms. The molecule has 1 N–H and O–H groups in total. The van der Waals surface area contributed by atoms with Gasteiger partial charge in [-0.25, -0.2) is 4.98 Å². The Kier molecular flexibility index (Phi) is 6.38. The van der Waals surface area contributed by atoms with Gasteiger partial charge in [0.05, 0.1) is 18.2 Å². The van der Waals surface area contributed by atoms with Crippen molar-refractivity contribution in [2.45, 2.75) is 39.7 Å². The van der Waals surface area contributed by atoms with Gasteiger partial charge in [0.15, 0.2) is 5.13 Å². The van der Waals surface area contributed by atoms with Crippen LogP contribution in [-0.2, 0) is 29.0 Å². The van der Waals surface area contributed by atoms with Crippen LogP contribution in [-0.4, -0.2) is 40.7 Å². The number of amides is 3. The van der Waals surface area contributed by atoms with E-state index in [0.29, 0.717) is 36.8 Å². The van der Waals surface area contributed by atoms with E-state index in [1.165, 1.54) is 11.3 Å². The number of rotatable bonds is 5. The monoisotopic (exact) mass is 488 g/mol. The van der Waals surface area contributed by atoms with Crippen molar-refractivity contribution in [2.24, 2.45) is 5.92 Å².